The number of benzene rings is 1. The Labute approximate surface area is 168 Å². The van der Waals surface area contributed by atoms with E-state index in [0.29, 0.717) is 17.9 Å². The summed E-state index contributed by atoms with van der Waals surface area (Å²) in [5.41, 5.74) is 0.413. The summed E-state index contributed by atoms with van der Waals surface area (Å²) in [5, 5.41) is 9.03. The van der Waals surface area contributed by atoms with Crippen LogP contribution in [0.25, 0.3) is 0 Å². The first kappa shape index (κ1) is 21.9. The van der Waals surface area contributed by atoms with Gasteiger partial charge in [-0.15, -0.1) is 0 Å². The number of carboxylic acids is 1. The van der Waals surface area contributed by atoms with Gasteiger partial charge in [-0.2, -0.15) is 0 Å². The smallest absolute Gasteiger partial charge is 0.307 e. The van der Waals surface area contributed by atoms with Gasteiger partial charge in [-0.25, -0.2) is 0 Å². The molecule has 28 heavy (non-hydrogen) atoms. The molecule has 1 atom stereocenters. The molecule has 152 valence electrons. The van der Waals surface area contributed by atoms with Crippen molar-refractivity contribution in [2.24, 2.45) is 5.92 Å². The number of ether oxygens (including phenoxy) is 1. The average molecular weight is 407 g/mol. The van der Waals surface area contributed by atoms with Crippen LogP contribution in [-0.4, -0.2) is 51.8 Å². The Hall–Kier alpha value is -2.35. The zero-order valence-corrected chi connectivity index (χ0v) is 16.7. The fourth-order valence-electron chi connectivity index (χ4n) is 2.82. The molecule has 1 saturated heterocycles. The average Bonchev–Trinajstić information content (AvgIpc) is 3.00. The molecule has 1 aliphatic heterocycles. The number of aliphatic carboxylic acids is 1. The quantitative estimate of drug-likeness (QED) is 0.417. The summed E-state index contributed by atoms with van der Waals surface area (Å²) in [7, 11) is 0. The zero-order chi connectivity index (χ0) is 20.5. The topological polar surface area (TPSA) is 101 Å². The molecule has 2 rings (SSSR count). The first-order valence-electron chi connectivity index (χ1n) is 9.38. The summed E-state index contributed by atoms with van der Waals surface area (Å²) in [6.45, 7) is 2.75. The van der Waals surface area contributed by atoms with E-state index in [-0.39, 0.29) is 42.1 Å². The Morgan fingerprint density at radius 2 is 1.93 bits per heavy atom. The number of amides is 2. The number of imide groups is 1. The number of rotatable bonds is 12. The fraction of sp³-hybridized carbons (Fsp3) is 0.500. The van der Waals surface area contributed by atoms with Crippen molar-refractivity contribution in [3.8, 4) is 5.75 Å². The monoisotopic (exact) mass is 407 g/mol. The number of Topliss-reactive ketones (excluding diaryl/α,β-unsaturated/α-hetero) is 1. The molecule has 0 bridgehead atoms. The molecule has 0 radical (unpaired) electrons. The standard InChI is InChI=1S/C20H25NO6S/c1-2-3-4-11-27-16-7-5-14(6-8-16)17(22)12-15(19(24)25)9-10-21-18(23)13-28-20(21)26/h5-8,15H,2-4,9-13H2,1H3,(H,24,25). The van der Waals surface area contributed by atoms with Crippen LogP contribution in [0.4, 0.5) is 4.79 Å². The van der Waals surface area contributed by atoms with Crippen molar-refractivity contribution in [2.75, 3.05) is 18.9 Å². The molecular weight excluding hydrogens is 382 g/mol. The van der Waals surface area contributed by atoms with Crippen molar-refractivity contribution < 1.29 is 29.0 Å². The van der Waals surface area contributed by atoms with Gasteiger partial charge in [0.25, 0.3) is 5.24 Å². The lowest BCUT2D eigenvalue weighted by Crippen LogP contribution is -2.32. The molecule has 1 aliphatic rings. The molecule has 0 aliphatic carbocycles. The number of carboxylic acid groups (broad SMARTS) is 1. The van der Waals surface area contributed by atoms with E-state index in [1.807, 2.05) is 0 Å². The number of thioether (sulfide) groups is 1. The Kier molecular flexibility index (Phi) is 8.50. The predicted octanol–water partition coefficient (Wildman–Crippen LogP) is 3.61. The van der Waals surface area contributed by atoms with Crippen molar-refractivity contribution in [2.45, 2.75) is 39.0 Å². The second-order valence-electron chi connectivity index (χ2n) is 6.63. The van der Waals surface area contributed by atoms with Gasteiger partial charge in [0.1, 0.15) is 5.75 Å². The Balaban J connectivity index is 1.88. The van der Waals surface area contributed by atoms with Crippen molar-refractivity contribution in [3.05, 3.63) is 29.8 Å². The summed E-state index contributed by atoms with van der Waals surface area (Å²) in [6, 6.07) is 6.66. The van der Waals surface area contributed by atoms with Crippen LogP contribution >= 0.6 is 11.8 Å². The first-order chi connectivity index (χ1) is 13.4. The van der Waals surface area contributed by atoms with Gasteiger partial charge in [0.15, 0.2) is 5.78 Å². The van der Waals surface area contributed by atoms with Gasteiger partial charge < -0.3 is 9.84 Å². The third-order valence-electron chi connectivity index (χ3n) is 4.52. The lowest BCUT2D eigenvalue weighted by atomic mass is 9.95. The molecule has 8 heteroatoms. The minimum absolute atomic E-state index is 0.0133. The number of carbonyl (C=O) groups excluding carboxylic acids is 3. The van der Waals surface area contributed by atoms with Gasteiger partial charge >= 0.3 is 5.97 Å². The number of unbranched alkanes of at least 4 members (excludes halogenated alkanes) is 2. The minimum Gasteiger partial charge on any atom is -0.494 e. The van der Waals surface area contributed by atoms with Gasteiger partial charge in [0.2, 0.25) is 5.91 Å². The highest BCUT2D eigenvalue weighted by Gasteiger charge is 2.31. The molecule has 1 aromatic rings. The third kappa shape index (κ3) is 6.37. The maximum atomic E-state index is 12.4. The largest absolute Gasteiger partial charge is 0.494 e. The highest BCUT2D eigenvalue weighted by atomic mass is 32.2. The molecular formula is C20H25NO6S. The Morgan fingerprint density at radius 3 is 2.50 bits per heavy atom. The summed E-state index contributed by atoms with van der Waals surface area (Å²) < 4.78 is 5.60. The lowest BCUT2D eigenvalue weighted by Gasteiger charge is -2.16. The molecule has 1 heterocycles. The highest BCUT2D eigenvalue weighted by Crippen LogP contribution is 2.22. The number of hydrogen-bond donors (Lipinski definition) is 1. The number of nitrogens with zero attached hydrogens (tertiary/aromatic N) is 1. The van der Waals surface area contributed by atoms with Crippen molar-refractivity contribution in [3.63, 3.8) is 0 Å². The fourth-order valence-corrected chi connectivity index (χ4v) is 3.57. The molecule has 0 aromatic heterocycles. The molecule has 0 saturated carbocycles. The second kappa shape index (κ2) is 10.8. The van der Waals surface area contributed by atoms with E-state index in [2.05, 4.69) is 6.92 Å². The molecule has 7 nitrogen and oxygen atoms in total. The van der Waals surface area contributed by atoms with Crippen LogP contribution in [-0.2, 0) is 9.59 Å². The summed E-state index contributed by atoms with van der Waals surface area (Å²) in [4.78, 5) is 48.2. The van der Waals surface area contributed by atoms with Crippen LogP contribution in [0.5, 0.6) is 5.75 Å². The number of carbonyl (C=O) groups is 4. The highest BCUT2D eigenvalue weighted by molar-refractivity contribution is 8.14. The zero-order valence-electron chi connectivity index (χ0n) is 15.9. The number of ketones is 1. The van der Waals surface area contributed by atoms with E-state index in [1.54, 1.807) is 24.3 Å². The molecule has 0 spiro atoms. The van der Waals surface area contributed by atoms with Crippen molar-refractivity contribution in [1.29, 1.82) is 0 Å². The minimum atomic E-state index is -1.11. The van der Waals surface area contributed by atoms with Crippen LogP contribution in [0.15, 0.2) is 24.3 Å². The van der Waals surface area contributed by atoms with E-state index in [9.17, 15) is 24.3 Å². The van der Waals surface area contributed by atoms with Crippen LogP contribution in [0, 0.1) is 5.92 Å². The van der Waals surface area contributed by atoms with Crippen LogP contribution in [0.1, 0.15) is 49.4 Å². The lowest BCUT2D eigenvalue weighted by molar-refractivity contribution is -0.142. The molecule has 2 amide bonds. The van der Waals surface area contributed by atoms with E-state index in [0.717, 1.165) is 35.9 Å². The van der Waals surface area contributed by atoms with E-state index in [1.165, 1.54) is 0 Å². The van der Waals surface area contributed by atoms with Gasteiger partial charge in [-0.3, -0.25) is 24.1 Å². The van der Waals surface area contributed by atoms with Gasteiger partial charge in [-0.05, 0) is 37.1 Å². The summed E-state index contributed by atoms with van der Waals surface area (Å²) >= 11 is 0.905. The van der Waals surface area contributed by atoms with E-state index >= 15 is 0 Å². The molecule has 1 N–H and O–H groups in total. The molecule has 1 unspecified atom stereocenters. The Bertz CT molecular complexity index is 702. The summed E-state index contributed by atoms with van der Waals surface area (Å²) in [6.07, 6.45) is 3.05. The SMILES string of the molecule is CCCCCOc1ccc(C(=O)CC(CCN2C(=O)CSC2=O)C(=O)O)cc1. The maximum absolute atomic E-state index is 12.4. The summed E-state index contributed by atoms with van der Waals surface area (Å²) in [5.74, 6) is -1.92. The number of hydrogen-bond acceptors (Lipinski definition) is 6. The maximum Gasteiger partial charge on any atom is 0.307 e. The van der Waals surface area contributed by atoms with Gasteiger partial charge in [0.05, 0.1) is 18.3 Å². The van der Waals surface area contributed by atoms with Gasteiger partial charge in [-0.1, -0.05) is 31.5 Å². The van der Waals surface area contributed by atoms with Gasteiger partial charge in [0, 0.05) is 18.5 Å². The Morgan fingerprint density at radius 1 is 1.21 bits per heavy atom. The third-order valence-corrected chi connectivity index (χ3v) is 5.37. The molecule has 1 aromatic carbocycles. The van der Waals surface area contributed by atoms with E-state index in [4.69, 9.17) is 4.74 Å². The van der Waals surface area contributed by atoms with E-state index < -0.39 is 11.9 Å². The predicted molar refractivity (Wildman–Crippen MR) is 106 cm³/mol. The van der Waals surface area contributed by atoms with Crippen molar-refractivity contribution in [1.82, 2.24) is 4.90 Å². The normalized spacial score (nSPS) is 15.0. The van der Waals surface area contributed by atoms with Crippen molar-refractivity contribution >= 4 is 34.7 Å². The van der Waals surface area contributed by atoms with Crippen LogP contribution < -0.4 is 4.74 Å². The van der Waals surface area contributed by atoms with Crippen LogP contribution in [0.3, 0.4) is 0 Å². The van der Waals surface area contributed by atoms with Crippen LogP contribution in [0.2, 0.25) is 0 Å². The molecule has 1 fully saturated rings. The first-order valence-corrected chi connectivity index (χ1v) is 10.4. The second-order valence-corrected chi connectivity index (χ2v) is 7.56.